The smallest absolute Gasteiger partial charge is 0.254 e. The summed E-state index contributed by atoms with van der Waals surface area (Å²) in [5.74, 6) is 0.277. The van der Waals surface area contributed by atoms with Gasteiger partial charge in [0.25, 0.3) is 5.91 Å². The van der Waals surface area contributed by atoms with Gasteiger partial charge in [-0.1, -0.05) is 35.9 Å². The molecule has 0 saturated carbocycles. The van der Waals surface area contributed by atoms with Gasteiger partial charge in [0.1, 0.15) is 0 Å². The van der Waals surface area contributed by atoms with Gasteiger partial charge in [-0.2, -0.15) is 0 Å². The molecule has 3 aromatic carbocycles. The molecule has 0 bridgehead atoms. The predicted molar refractivity (Wildman–Crippen MR) is 139 cm³/mol. The molecule has 2 N–H and O–H groups in total. The number of aromatic nitrogens is 2. The van der Waals surface area contributed by atoms with Crippen LogP contribution in [-0.2, 0) is 24.2 Å². The second-order valence-electron chi connectivity index (χ2n) is 8.93. The van der Waals surface area contributed by atoms with Gasteiger partial charge in [0.2, 0.25) is 11.9 Å². The molecule has 7 nitrogen and oxygen atoms in total. The lowest BCUT2D eigenvalue weighted by Gasteiger charge is -2.29. The molecule has 0 aliphatic carbocycles. The van der Waals surface area contributed by atoms with E-state index in [1.165, 1.54) is 11.1 Å². The summed E-state index contributed by atoms with van der Waals surface area (Å²) in [5, 5.41) is 6.62. The zero-order valence-electron chi connectivity index (χ0n) is 19.3. The minimum Gasteiger partial charge on any atom is -0.334 e. The fraction of sp³-hybridized carbons (Fsp3) is 0.143. The van der Waals surface area contributed by atoms with Crippen molar-refractivity contribution in [3.05, 3.63) is 100 Å². The Bertz CT molecular complexity index is 1500. The van der Waals surface area contributed by atoms with Crippen LogP contribution in [0.15, 0.2) is 72.9 Å². The molecule has 0 atom stereocenters. The van der Waals surface area contributed by atoms with Gasteiger partial charge >= 0.3 is 0 Å². The number of nitrogens with one attached hydrogen (secondary N) is 2. The highest BCUT2D eigenvalue weighted by atomic mass is 35.5. The average molecular weight is 496 g/mol. The Hall–Kier alpha value is -4.23. The van der Waals surface area contributed by atoms with E-state index in [1.807, 2.05) is 47.4 Å². The topological polar surface area (TPSA) is 87.2 Å². The number of amides is 2. The fourth-order valence-corrected chi connectivity index (χ4v) is 4.87. The van der Waals surface area contributed by atoms with Crippen molar-refractivity contribution in [2.24, 2.45) is 0 Å². The van der Waals surface area contributed by atoms with Gasteiger partial charge in [0.15, 0.2) is 0 Å². The van der Waals surface area contributed by atoms with Crippen molar-refractivity contribution in [3.8, 4) is 11.3 Å². The third-order valence-electron chi connectivity index (χ3n) is 6.53. The normalized spacial score (nSPS) is 14.1. The maximum Gasteiger partial charge on any atom is 0.254 e. The molecule has 0 spiro atoms. The van der Waals surface area contributed by atoms with Gasteiger partial charge in [-0.05, 0) is 60.0 Å². The van der Waals surface area contributed by atoms with E-state index in [0.717, 1.165) is 23.2 Å². The van der Waals surface area contributed by atoms with Gasteiger partial charge < -0.3 is 15.5 Å². The first-order chi connectivity index (χ1) is 17.5. The Morgan fingerprint density at radius 2 is 1.81 bits per heavy atom. The Morgan fingerprint density at radius 3 is 2.64 bits per heavy atom. The van der Waals surface area contributed by atoms with Crippen LogP contribution in [0.1, 0.15) is 27.0 Å². The monoisotopic (exact) mass is 495 g/mol. The maximum absolute atomic E-state index is 13.1. The first-order valence-electron chi connectivity index (χ1n) is 11.7. The van der Waals surface area contributed by atoms with Crippen molar-refractivity contribution >= 4 is 40.7 Å². The Morgan fingerprint density at radius 1 is 1.00 bits per heavy atom. The van der Waals surface area contributed by atoms with Crippen LogP contribution in [0.4, 0.5) is 17.3 Å². The largest absolute Gasteiger partial charge is 0.334 e. The van der Waals surface area contributed by atoms with Crippen molar-refractivity contribution in [2.75, 3.05) is 17.2 Å². The highest BCUT2D eigenvalue weighted by molar-refractivity contribution is 6.31. The summed E-state index contributed by atoms with van der Waals surface area (Å²) < 4.78 is 0. The van der Waals surface area contributed by atoms with Crippen LogP contribution < -0.4 is 10.6 Å². The van der Waals surface area contributed by atoms with Gasteiger partial charge in [0.05, 0.1) is 17.8 Å². The predicted octanol–water partition coefficient (Wildman–Crippen LogP) is 5.23. The molecule has 36 heavy (non-hydrogen) atoms. The zero-order chi connectivity index (χ0) is 24.6. The number of anilines is 3. The highest BCUT2D eigenvalue weighted by Crippen LogP contribution is 2.35. The quantitative estimate of drug-likeness (QED) is 0.406. The lowest BCUT2D eigenvalue weighted by atomic mass is 9.99. The summed E-state index contributed by atoms with van der Waals surface area (Å²) in [4.78, 5) is 36.4. The van der Waals surface area contributed by atoms with Crippen LogP contribution in [-0.4, -0.2) is 33.2 Å². The van der Waals surface area contributed by atoms with Gasteiger partial charge in [-0.15, -0.1) is 0 Å². The maximum atomic E-state index is 13.1. The van der Waals surface area contributed by atoms with E-state index >= 15 is 0 Å². The van der Waals surface area contributed by atoms with E-state index in [9.17, 15) is 9.59 Å². The third kappa shape index (κ3) is 4.29. The van der Waals surface area contributed by atoms with Gasteiger partial charge in [0, 0.05) is 46.7 Å². The minimum atomic E-state index is -0.140. The lowest BCUT2D eigenvalue weighted by molar-refractivity contribution is -0.115. The first kappa shape index (κ1) is 22.2. The van der Waals surface area contributed by atoms with Crippen molar-refractivity contribution in [2.45, 2.75) is 19.4 Å². The molecule has 0 saturated heterocycles. The molecule has 4 aromatic rings. The minimum absolute atomic E-state index is 0.0183. The van der Waals surface area contributed by atoms with Crippen LogP contribution in [0.3, 0.4) is 0 Å². The highest BCUT2D eigenvalue weighted by Gasteiger charge is 2.23. The molecule has 0 radical (unpaired) electrons. The number of halogens is 1. The fourth-order valence-electron chi connectivity index (χ4n) is 4.70. The van der Waals surface area contributed by atoms with Crippen LogP contribution in [0.2, 0.25) is 5.02 Å². The molecular weight excluding hydrogens is 474 g/mol. The van der Waals surface area contributed by atoms with Crippen LogP contribution in [0.25, 0.3) is 11.3 Å². The number of hydrogen-bond donors (Lipinski definition) is 2. The van der Waals surface area contributed by atoms with Crippen molar-refractivity contribution in [1.29, 1.82) is 0 Å². The summed E-state index contributed by atoms with van der Waals surface area (Å²) in [6.45, 7) is 1.34. The number of rotatable bonds is 3. The number of nitrogens with zero attached hydrogens (tertiary/aromatic N) is 3. The SMILES string of the molecule is O=C1Cc2cnc(Nc3ccc(C(=O)N4CCc5ccccc5C4)cc3)nc2-c2ccc(Cl)cc2N1. The van der Waals surface area contributed by atoms with Crippen LogP contribution in [0, 0.1) is 0 Å². The van der Waals surface area contributed by atoms with E-state index in [2.05, 4.69) is 27.8 Å². The van der Waals surface area contributed by atoms with E-state index in [1.54, 1.807) is 18.3 Å². The van der Waals surface area contributed by atoms with Crippen molar-refractivity contribution in [3.63, 3.8) is 0 Å². The number of carbonyl (C=O) groups excluding carboxylic acids is 2. The summed E-state index contributed by atoms with van der Waals surface area (Å²) in [6, 6.07) is 20.9. The Balaban J connectivity index is 1.21. The molecule has 2 aliphatic heterocycles. The lowest BCUT2D eigenvalue weighted by Crippen LogP contribution is -2.35. The number of carbonyl (C=O) groups is 2. The van der Waals surface area contributed by atoms with E-state index in [0.29, 0.717) is 41.0 Å². The summed E-state index contributed by atoms with van der Waals surface area (Å²) in [7, 11) is 0. The van der Waals surface area contributed by atoms with Crippen molar-refractivity contribution < 1.29 is 9.59 Å². The molecule has 0 fully saturated rings. The van der Waals surface area contributed by atoms with E-state index < -0.39 is 0 Å². The molecule has 0 unspecified atom stereocenters. The van der Waals surface area contributed by atoms with E-state index in [-0.39, 0.29) is 18.2 Å². The third-order valence-corrected chi connectivity index (χ3v) is 6.77. The van der Waals surface area contributed by atoms with Gasteiger partial charge in [-0.3, -0.25) is 9.59 Å². The van der Waals surface area contributed by atoms with E-state index in [4.69, 9.17) is 16.6 Å². The van der Waals surface area contributed by atoms with Crippen molar-refractivity contribution in [1.82, 2.24) is 14.9 Å². The summed E-state index contributed by atoms with van der Waals surface area (Å²) in [6.07, 6.45) is 2.72. The molecule has 6 rings (SSSR count). The van der Waals surface area contributed by atoms with Gasteiger partial charge in [-0.25, -0.2) is 9.97 Å². The molecule has 178 valence electrons. The molecule has 8 heteroatoms. The standard InChI is InChI=1S/C28H22ClN5O2/c29-21-7-10-23-24(14-21)32-25(35)13-20-15-30-28(33-26(20)23)31-22-8-5-18(6-9-22)27(36)34-12-11-17-3-1-2-4-19(17)16-34/h1-10,14-15H,11-13,16H2,(H,32,35)(H,30,31,33). The number of fused-ring (bicyclic) bond motifs is 4. The molecule has 1 aromatic heterocycles. The first-order valence-corrected chi connectivity index (χ1v) is 12.1. The number of hydrogen-bond acceptors (Lipinski definition) is 5. The Kier molecular flexibility index (Phi) is 5.62. The summed E-state index contributed by atoms with van der Waals surface area (Å²) in [5.41, 5.74) is 6.74. The number of benzene rings is 3. The zero-order valence-corrected chi connectivity index (χ0v) is 20.0. The molecule has 2 aliphatic rings. The summed E-state index contributed by atoms with van der Waals surface area (Å²) >= 11 is 6.13. The molecule has 2 amide bonds. The molecule has 3 heterocycles. The Labute approximate surface area is 213 Å². The van der Waals surface area contributed by atoms with Crippen LogP contribution >= 0.6 is 11.6 Å². The average Bonchev–Trinajstić information content (AvgIpc) is 3.03. The second-order valence-corrected chi connectivity index (χ2v) is 9.37. The molecular formula is C28H22ClN5O2. The second kappa shape index (κ2) is 9.09. The van der Waals surface area contributed by atoms with Crippen LogP contribution in [0.5, 0.6) is 0 Å².